The summed E-state index contributed by atoms with van der Waals surface area (Å²) in [6.45, 7) is 2.43. The Kier molecular flexibility index (Phi) is 3.65. The number of benzene rings is 1. The lowest BCUT2D eigenvalue weighted by molar-refractivity contribution is -0.143. The van der Waals surface area contributed by atoms with Crippen molar-refractivity contribution in [2.45, 2.75) is 25.8 Å². The average molecular weight is 247 g/mol. The van der Waals surface area contributed by atoms with Crippen molar-refractivity contribution >= 4 is 11.9 Å². The van der Waals surface area contributed by atoms with E-state index in [0.29, 0.717) is 24.9 Å². The lowest BCUT2D eigenvalue weighted by atomic mass is 9.91. The second kappa shape index (κ2) is 5.21. The van der Waals surface area contributed by atoms with E-state index in [1.54, 1.807) is 17.0 Å². The number of hydrogen-bond acceptors (Lipinski definition) is 2. The molecule has 4 heteroatoms. The van der Waals surface area contributed by atoms with Gasteiger partial charge in [-0.3, -0.25) is 9.59 Å². The van der Waals surface area contributed by atoms with E-state index in [1.807, 2.05) is 25.1 Å². The van der Waals surface area contributed by atoms with Crippen LogP contribution in [-0.4, -0.2) is 34.5 Å². The normalized spacial score (nSPS) is 23.7. The first kappa shape index (κ1) is 12.6. The molecule has 1 N–H and O–H groups in total. The zero-order chi connectivity index (χ0) is 13.1. The topological polar surface area (TPSA) is 57.6 Å². The van der Waals surface area contributed by atoms with E-state index in [2.05, 4.69) is 0 Å². The van der Waals surface area contributed by atoms with Crippen molar-refractivity contribution in [1.29, 1.82) is 0 Å². The number of carboxylic acid groups (broad SMARTS) is 1. The quantitative estimate of drug-likeness (QED) is 0.869. The Labute approximate surface area is 106 Å². The van der Waals surface area contributed by atoms with Crippen LogP contribution in [0.4, 0.5) is 0 Å². The molecule has 0 radical (unpaired) electrons. The van der Waals surface area contributed by atoms with Crippen molar-refractivity contribution in [1.82, 2.24) is 4.90 Å². The molecule has 0 saturated carbocycles. The fourth-order valence-electron chi connectivity index (χ4n) is 2.44. The summed E-state index contributed by atoms with van der Waals surface area (Å²) in [5, 5.41) is 8.99. The summed E-state index contributed by atoms with van der Waals surface area (Å²) < 4.78 is 0. The number of piperidine rings is 1. The number of carbonyl (C=O) groups is 2. The number of amides is 1. The molecule has 18 heavy (non-hydrogen) atoms. The van der Waals surface area contributed by atoms with Crippen molar-refractivity contribution in [2.24, 2.45) is 5.92 Å². The van der Waals surface area contributed by atoms with Crippen LogP contribution in [0.2, 0.25) is 0 Å². The van der Waals surface area contributed by atoms with Gasteiger partial charge in [-0.2, -0.15) is 0 Å². The first-order chi connectivity index (χ1) is 8.59. The number of rotatable bonds is 2. The molecule has 96 valence electrons. The van der Waals surface area contributed by atoms with Gasteiger partial charge in [0.05, 0.1) is 5.92 Å². The maximum Gasteiger partial charge on any atom is 0.306 e. The van der Waals surface area contributed by atoms with Crippen molar-refractivity contribution in [3.8, 4) is 0 Å². The van der Waals surface area contributed by atoms with Crippen LogP contribution in [0.5, 0.6) is 0 Å². The molecule has 0 bridgehead atoms. The predicted molar refractivity (Wildman–Crippen MR) is 67.3 cm³/mol. The number of hydrogen-bond donors (Lipinski definition) is 1. The van der Waals surface area contributed by atoms with Crippen LogP contribution in [0.1, 0.15) is 30.1 Å². The van der Waals surface area contributed by atoms with Gasteiger partial charge in [0.2, 0.25) is 0 Å². The summed E-state index contributed by atoms with van der Waals surface area (Å²) in [5.74, 6) is -1.08. The average Bonchev–Trinajstić information content (AvgIpc) is 2.38. The van der Waals surface area contributed by atoms with Gasteiger partial charge in [0.25, 0.3) is 5.91 Å². The second-order valence-corrected chi connectivity index (χ2v) is 4.77. The van der Waals surface area contributed by atoms with Crippen LogP contribution in [0.25, 0.3) is 0 Å². The Morgan fingerprint density at radius 2 is 1.94 bits per heavy atom. The molecule has 1 fully saturated rings. The number of likely N-dealkylation sites (tertiary alicyclic amines) is 1. The zero-order valence-electron chi connectivity index (χ0n) is 10.4. The summed E-state index contributed by atoms with van der Waals surface area (Å²) in [6.07, 6.45) is 1.08. The lowest BCUT2D eigenvalue weighted by Crippen LogP contribution is -2.46. The zero-order valence-corrected chi connectivity index (χ0v) is 10.4. The monoisotopic (exact) mass is 247 g/mol. The van der Waals surface area contributed by atoms with Crippen LogP contribution < -0.4 is 0 Å². The third kappa shape index (κ3) is 2.53. The Hall–Kier alpha value is -1.84. The van der Waals surface area contributed by atoms with Gasteiger partial charge in [-0.25, -0.2) is 0 Å². The summed E-state index contributed by atoms with van der Waals surface area (Å²) in [6, 6.07) is 9.10. The van der Waals surface area contributed by atoms with Gasteiger partial charge in [0, 0.05) is 18.2 Å². The molecule has 1 heterocycles. The van der Waals surface area contributed by atoms with Gasteiger partial charge in [0.15, 0.2) is 0 Å². The molecule has 0 aliphatic carbocycles. The molecule has 1 aliphatic heterocycles. The van der Waals surface area contributed by atoms with Crippen LogP contribution >= 0.6 is 0 Å². The minimum atomic E-state index is -0.756. The number of aliphatic carboxylic acids is 1. The van der Waals surface area contributed by atoms with Gasteiger partial charge >= 0.3 is 5.97 Å². The van der Waals surface area contributed by atoms with Gasteiger partial charge in [-0.1, -0.05) is 18.2 Å². The maximum absolute atomic E-state index is 12.3. The second-order valence-electron chi connectivity index (χ2n) is 4.77. The Morgan fingerprint density at radius 1 is 1.28 bits per heavy atom. The van der Waals surface area contributed by atoms with E-state index < -0.39 is 5.97 Å². The third-order valence-corrected chi connectivity index (χ3v) is 3.51. The van der Waals surface area contributed by atoms with E-state index in [4.69, 9.17) is 5.11 Å². The molecule has 0 aromatic heterocycles. The van der Waals surface area contributed by atoms with E-state index >= 15 is 0 Å². The van der Waals surface area contributed by atoms with Crippen molar-refractivity contribution in [3.63, 3.8) is 0 Å². The summed E-state index contributed by atoms with van der Waals surface area (Å²) in [7, 11) is 0. The molecular weight excluding hydrogens is 230 g/mol. The van der Waals surface area contributed by atoms with Crippen LogP contribution in [0, 0.1) is 5.92 Å². The minimum absolute atomic E-state index is 0.00746. The molecular formula is C14H17NO3. The highest BCUT2D eigenvalue weighted by molar-refractivity contribution is 5.94. The van der Waals surface area contributed by atoms with Gasteiger partial charge in [-0.05, 0) is 31.9 Å². The fourth-order valence-corrected chi connectivity index (χ4v) is 2.44. The van der Waals surface area contributed by atoms with Crippen molar-refractivity contribution in [3.05, 3.63) is 35.9 Å². The third-order valence-electron chi connectivity index (χ3n) is 3.51. The largest absolute Gasteiger partial charge is 0.481 e. The first-order valence-corrected chi connectivity index (χ1v) is 6.18. The molecule has 0 spiro atoms. The van der Waals surface area contributed by atoms with Crippen molar-refractivity contribution in [2.75, 3.05) is 6.54 Å². The molecule has 1 aromatic carbocycles. The molecule has 2 atom stereocenters. The Morgan fingerprint density at radius 3 is 2.50 bits per heavy atom. The number of carboxylic acids is 1. The van der Waals surface area contributed by atoms with Gasteiger partial charge in [-0.15, -0.1) is 0 Å². The Bertz CT molecular complexity index is 444. The fraction of sp³-hybridized carbons (Fsp3) is 0.429. The number of nitrogens with zero attached hydrogens (tertiary/aromatic N) is 1. The molecule has 4 nitrogen and oxygen atoms in total. The predicted octanol–water partition coefficient (Wildman–Crippen LogP) is 2.01. The van der Waals surface area contributed by atoms with Crippen LogP contribution in [0.15, 0.2) is 30.3 Å². The van der Waals surface area contributed by atoms with Gasteiger partial charge in [0.1, 0.15) is 0 Å². The van der Waals surface area contributed by atoms with E-state index in [1.165, 1.54) is 0 Å². The first-order valence-electron chi connectivity index (χ1n) is 6.18. The molecule has 2 rings (SSSR count). The molecule has 1 aromatic rings. The van der Waals surface area contributed by atoms with E-state index in [0.717, 1.165) is 0 Å². The molecule has 2 unspecified atom stereocenters. The number of carbonyl (C=O) groups excluding carboxylic acids is 1. The maximum atomic E-state index is 12.3. The van der Waals surface area contributed by atoms with Gasteiger partial charge < -0.3 is 10.0 Å². The molecule has 1 saturated heterocycles. The molecule has 1 amide bonds. The highest BCUT2D eigenvalue weighted by atomic mass is 16.4. The van der Waals surface area contributed by atoms with Crippen LogP contribution in [-0.2, 0) is 4.79 Å². The molecule has 1 aliphatic rings. The standard InChI is InChI=1S/C14H17NO3/c1-10-9-12(14(17)18)7-8-15(10)13(16)11-5-3-2-4-6-11/h2-6,10,12H,7-9H2,1H3,(H,17,18). The van der Waals surface area contributed by atoms with Crippen molar-refractivity contribution < 1.29 is 14.7 Å². The summed E-state index contributed by atoms with van der Waals surface area (Å²) in [4.78, 5) is 25.0. The minimum Gasteiger partial charge on any atom is -0.481 e. The van der Waals surface area contributed by atoms with Crippen LogP contribution in [0.3, 0.4) is 0 Å². The lowest BCUT2D eigenvalue weighted by Gasteiger charge is -2.36. The van der Waals surface area contributed by atoms with E-state index in [9.17, 15) is 9.59 Å². The van der Waals surface area contributed by atoms with E-state index in [-0.39, 0.29) is 17.9 Å². The smallest absolute Gasteiger partial charge is 0.306 e. The highest BCUT2D eigenvalue weighted by Gasteiger charge is 2.32. The SMILES string of the molecule is CC1CC(C(=O)O)CCN1C(=O)c1ccccc1. The highest BCUT2D eigenvalue weighted by Crippen LogP contribution is 2.24. The summed E-state index contributed by atoms with van der Waals surface area (Å²) >= 11 is 0. The Balaban J connectivity index is 2.07. The summed E-state index contributed by atoms with van der Waals surface area (Å²) in [5.41, 5.74) is 0.665.